The first-order valence-corrected chi connectivity index (χ1v) is 17.4. The van der Waals surface area contributed by atoms with Crippen LogP contribution in [0, 0.1) is 0 Å². The molecule has 0 radical (unpaired) electrons. The van der Waals surface area contributed by atoms with E-state index >= 15 is 0 Å². The van der Waals surface area contributed by atoms with Gasteiger partial charge in [0.2, 0.25) is 0 Å². The third-order valence-electron chi connectivity index (χ3n) is 6.75. The van der Waals surface area contributed by atoms with Crippen molar-refractivity contribution in [3.05, 3.63) is 0 Å². The summed E-state index contributed by atoms with van der Waals surface area (Å²) in [6.07, 6.45) is -22.2. The lowest BCUT2D eigenvalue weighted by molar-refractivity contribution is -0.396. The van der Waals surface area contributed by atoms with E-state index in [-0.39, 0.29) is 38.5 Å². The van der Waals surface area contributed by atoms with Gasteiger partial charge in [-0.25, -0.2) is 0 Å². The van der Waals surface area contributed by atoms with Gasteiger partial charge in [0.1, 0.15) is 0 Å². The third kappa shape index (κ3) is 13.2. The number of halogens is 18. The van der Waals surface area contributed by atoms with E-state index in [9.17, 15) is 95.9 Å². The van der Waals surface area contributed by atoms with E-state index in [1.807, 2.05) is 0 Å². The molecule has 0 atom stereocenters. The lowest BCUT2D eigenvalue weighted by Gasteiger charge is -2.33. The monoisotopic (exact) mass is 822 g/mol. The Balaban J connectivity index is 4.30. The molecule has 0 aliphatic heterocycles. The van der Waals surface area contributed by atoms with E-state index in [4.69, 9.17) is 0 Å². The smallest absolute Gasteiger partial charge is 0.270 e. The van der Waals surface area contributed by atoms with Crippen molar-refractivity contribution in [2.75, 3.05) is 24.7 Å². The largest absolute Gasteiger partial charge is 0.460 e. The summed E-state index contributed by atoms with van der Waals surface area (Å²) in [7, 11) is -8.50. The number of hydrogen-bond donors (Lipinski definition) is 0. The van der Waals surface area contributed by atoms with E-state index in [0.29, 0.717) is 0 Å². The Hall–Kier alpha value is -1.44. The fourth-order valence-corrected chi connectivity index (χ4v) is 5.88. The van der Waals surface area contributed by atoms with E-state index in [1.165, 1.54) is 0 Å². The molecule has 0 heterocycles. The van der Waals surface area contributed by atoms with Crippen LogP contribution in [-0.4, -0.2) is 89.4 Å². The number of unbranched alkanes of at least 4 members (excludes halogenated alkanes) is 7. The van der Waals surface area contributed by atoms with Gasteiger partial charge in [-0.1, -0.05) is 25.7 Å². The average molecular weight is 823 g/mol. The van der Waals surface area contributed by atoms with Gasteiger partial charge in [-0.2, -0.15) is 95.9 Å². The molecular formula is C24H32F18O6S2. The second-order valence-corrected chi connectivity index (χ2v) is 14.4. The Morgan fingerprint density at radius 2 is 0.600 bits per heavy atom. The first-order chi connectivity index (χ1) is 22.1. The number of rotatable bonds is 25. The molecule has 0 bridgehead atoms. The summed E-state index contributed by atoms with van der Waals surface area (Å²) in [4.78, 5) is 0. The van der Waals surface area contributed by atoms with Crippen molar-refractivity contribution in [3.63, 3.8) is 0 Å². The van der Waals surface area contributed by atoms with Gasteiger partial charge in [0.15, 0.2) is 0 Å². The van der Waals surface area contributed by atoms with E-state index in [1.54, 1.807) is 0 Å². The number of alkyl halides is 18. The first kappa shape index (κ1) is 48.6. The summed E-state index contributed by atoms with van der Waals surface area (Å²) in [5.74, 6) is -40.5. The van der Waals surface area contributed by atoms with Crippen LogP contribution in [0.3, 0.4) is 0 Å². The summed E-state index contributed by atoms with van der Waals surface area (Å²) in [6.45, 7) is -1.03. The summed E-state index contributed by atoms with van der Waals surface area (Å²) in [6, 6.07) is 0. The first-order valence-electron chi connectivity index (χ1n) is 14.3. The topological polar surface area (TPSA) is 86.7 Å². The zero-order valence-electron chi connectivity index (χ0n) is 25.4. The van der Waals surface area contributed by atoms with Crippen molar-refractivity contribution < 1.29 is 104 Å². The molecule has 0 spiro atoms. The molecule has 26 heteroatoms. The van der Waals surface area contributed by atoms with Crippen LogP contribution in [0.2, 0.25) is 0 Å². The van der Waals surface area contributed by atoms with Crippen molar-refractivity contribution in [2.24, 2.45) is 0 Å². The molecule has 0 aliphatic rings. The van der Waals surface area contributed by atoms with Crippen LogP contribution >= 0.6 is 0 Å². The van der Waals surface area contributed by atoms with Crippen molar-refractivity contribution in [1.82, 2.24) is 0 Å². The molecule has 6 nitrogen and oxygen atoms in total. The highest BCUT2D eigenvalue weighted by Crippen LogP contribution is 2.55. The van der Waals surface area contributed by atoms with E-state index in [2.05, 4.69) is 8.37 Å². The van der Waals surface area contributed by atoms with Crippen LogP contribution in [-0.2, 0) is 28.6 Å². The fourth-order valence-electron chi connectivity index (χ4n) is 3.78. The van der Waals surface area contributed by atoms with E-state index < -0.39 is 131 Å². The maximum Gasteiger partial charge on any atom is 0.460 e. The third-order valence-corrected chi connectivity index (χ3v) is 9.38. The van der Waals surface area contributed by atoms with Gasteiger partial charge >= 0.3 is 47.9 Å². The summed E-state index contributed by atoms with van der Waals surface area (Å²) >= 11 is 0. The zero-order valence-corrected chi connectivity index (χ0v) is 27.0. The van der Waals surface area contributed by atoms with Crippen LogP contribution < -0.4 is 0 Å². The van der Waals surface area contributed by atoms with Gasteiger partial charge in [0.05, 0.1) is 24.7 Å². The Labute approximate surface area is 274 Å². The normalized spacial score (nSPS) is 15.2. The molecular weight excluding hydrogens is 790 g/mol. The Morgan fingerprint density at radius 3 is 0.860 bits per heavy atom. The standard InChI is InChI=1S/C24H32F18O6S2/c25-17(26,19(29,30)21(33,34)23(37,38)39)11-5-1-3-9-15-49(43,44)47-13-7-8-14-48-50(45,46)16-10-4-2-6-12-18(27,28)20(31,32)22(35,36)24(40,41)42/h1-16H2. The van der Waals surface area contributed by atoms with Gasteiger partial charge in [0, 0.05) is 12.8 Å². The average Bonchev–Trinajstić information content (AvgIpc) is 2.92. The second kappa shape index (κ2) is 17.6. The van der Waals surface area contributed by atoms with Gasteiger partial charge in [-0.15, -0.1) is 0 Å². The van der Waals surface area contributed by atoms with Crippen LogP contribution in [0.15, 0.2) is 0 Å². The van der Waals surface area contributed by atoms with Gasteiger partial charge < -0.3 is 0 Å². The minimum absolute atomic E-state index is 0.118. The van der Waals surface area contributed by atoms with Crippen LogP contribution in [0.25, 0.3) is 0 Å². The molecule has 0 amide bonds. The molecule has 0 aromatic heterocycles. The molecule has 0 aromatic carbocycles. The molecule has 302 valence electrons. The van der Waals surface area contributed by atoms with Crippen LogP contribution in [0.4, 0.5) is 79.0 Å². The molecule has 0 N–H and O–H groups in total. The molecule has 0 aliphatic carbocycles. The maximum absolute atomic E-state index is 13.5. The SMILES string of the molecule is O=S(=O)(CCCCCCC(F)(F)C(F)(F)C(F)(F)C(F)(F)F)OCCCCOS(=O)(=O)CCCCCCC(F)(F)C(F)(F)C(F)(F)C(F)(F)F. The van der Waals surface area contributed by atoms with Crippen LogP contribution in [0.5, 0.6) is 0 Å². The van der Waals surface area contributed by atoms with Crippen molar-refractivity contribution in [2.45, 2.75) is 125 Å². The molecule has 0 saturated carbocycles. The molecule has 0 aromatic rings. The molecule has 0 saturated heterocycles. The molecule has 0 fully saturated rings. The fraction of sp³-hybridized carbons (Fsp3) is 1.00. The Bertz CT molecular complexity index is 1150. The Morgan fingerprint density at radius 1 is 0.340 bits per heavy atom. The Kier molecular flexibility index (Phi) is 17.1. The molecule has 0 unspecified atom stereocenters. The predicted octanol–water partition coefficient (Wildman–Crippen LogP) is 9.30. The van der Waals surface area contributed by atoms with Gasteiger partial charge in [-0.3, -0.25) is 8.37 Å². The molecule has 0 rings (SSSR count). The summed E-state index contributed by atoms with van der Waals surface area (Å²) in [5.41, 5.74) is 0. The van der Waals surface area contributed by atoms with Gasteiger partial charge in [-0.05, 0) is 38.5 Å². The van der Waals surface area contributed by atoms with Crippen molar-refractivity contribution in [3.8, 4) is 0 Å². The van der Waals surface area contributed by atoms with Crippen molar-refractivity contribution >= 4 is 20.2 Å². The summed E-state index contributed by atoms with van der Waals surface area (Å²) in [5, 5.41) is 0. The highest BCUT2D eigenvalue weighted by Gasteiger charge is 2.82. The molecule has 50 heavy (non-hydrogen) atoms. The van der Waals surface area contributed by atoms with Gasteiger partial charge in [0.25, 0.3) is 20.2 Å². The lowest BCUT2D eigenvalue weighted by atomic mass is 9.98. The quantitative estimate of drug-likeness (QED) is 0.0519. The van der Waals surface area contributed by atoms with Crippen molar-refractivity contribution in [1.29, 1.82) is 0 Å². The zero-order chi connectivity index (χ0) is 39.7. The minimum Gasteiger partial charge on any atom is -0.270 e. The van der Waals surface area contributed by atoms with Crippen LogP contribution in [0.1, 0.15) is 77.0 Å². The second-order valence-electron chi connectivity index (χ2n) is 10.9. The summed E-state index contributed by atoms with van der Waals surface area (Å²) < 4.78 is 287. The highest BCUT2D eigenvalue weighted by molar-refractivity contribution is 7.86. The lowest BCUT2D eigenvalue weighted by Crippen LogP contribution is -2.60. The maximum atomic E-state index is 13.5. The highest BCUT2D eigenvalue weighted by atomic mass is 32.2. The number of hydrogen-bond acceptors (Lipinski definition) is 6. The predicted molar refractivity (Wildman–Crippen MR) is 137 cm³/mol. The van der Waals surface area contributed by atoms with E-state index in [0.717, 1.165) is 0 Å². The minimum atomic E-state index is -7.01.